The molecule has 19 amide bonds. The number of carboxylic acids is 3. The molecule has 0 saturated carbocycles. The summed E-state index contributed by atoms with van der Waals surface area (Å²) in [5.41, 5.74) is 17.9. The average molecular weight is 2040 g/mol. The minimum Gasteiger partial charge on any atom is -0.508 e. The lowest BCUT2D eigenvalue weighted by Crippen LogP contribution is -2.61. The summed E-state index contributed by atoms with van der Waals surface area (Å²) in [6.45, 7) is 10.2. The summed E-state index contributed by atoms with van der Waals surface area (Å²) in [6, 6.07) is -13.1. The van der Waals surface area contributed by atoms with Gasteiger partial charge in [-0.3, -0.25) is 101 Å². The van der Waals surface area contributed by atoms with E-state index in [-0.39, 0.29) is 88.5 Å². The second-order valence-corrected chi connectivity index (χ2v) is 36.1. The van der Waals surface area contributed by atoms with E-state index in [4.69, 9.17) is 17.2 Å². The number of carbonyl (C=O) groups is 22. The van der Waals surface area contributed by atoms with E-state index in [1.165, 1.54) is 52.0 Å². The van der Waals surface area contributed by atoms with Crippen molar-refractivity contribution in [2.45, 2.75) is 280 Å². The van der Waals surface area contributed by atoms with Crippen LogP contribution in [0.4, 0.5) is 0 Å². The maximum atomic E-state index is 14.8. The molecule has 1 aliphatic heterocycles. The minimum absolute atomic E-state index is 0.0422. The van der Waals surface area contributed by atoms with E-state index in [1.807, 2.05) is 0 Å². The normalized spacial score (nSPS) is 16.0. The van der Waals surface area contributed by atoms with Crippen molar-refractivity contribution in [2.24, 2.45) is 35.0 Å². The molecule has 0 bridgehead atoms. The number of nitrogens with two attached hydrogens (primary N) is 3. The highest BCUT2D eigenvalue weighted by atomic mass is 32.1. The van der Waals surface area contributed by atoms with Crippen LogP contribution in [0.25, 0.3) is 0 Å². The summed E-state index contributed by atoms with van der Waals surface area (Å²) < 4.78 is 0. The number of hydrogen-bond acceptors (Lipinski definition) is 31. The molecule has 143 heavy (non-hydrogen) atoms. The van der Waals surface area contributed by atoms with Crippen molar-refractivity contribution in [3.63, 3.8) is 0 Å². The molecule has 0 aliphatic carbocycles. The number of amides is 19. The van der Waals surface area contributed by atoms with Crippen molar-refractivity contribution < 1.29 is 146 Å². The van der Waals surface area contributed by atoms with Crippen molar-refractivity contribution >= 4 is 143 Å². The van der Waals surface area contributed by atoms with Crippen LogP contribution in [-0.2, 0) is 118 Å². The van der Waals surface area contributed by atoms with E-state index in [1.54, 1.807) is 58.0 Å². The fourth-order valence-corrected chi connectivity index (χ4v) is 14.6. The highest BCUT2D eigenvalue weighted by Gasteiger charge is 2.43. The van der Waals surface area contributed by atoms with Crippen LogP contribution in [0.3, 0.4) is 0 Å². The van der Waals surface area contributed by atoms with Gasteiger partial charge in [0.05, 0.1) is 57.5 Å². The molecule has 0 radical (unpaired) electrons. The first kappa shape index (κ1) is 124. The third-order valence-corrected chi connectivity index (χ3v) is 22.6. The maximum Gasteiger partial charge on any atom is 0.326 e. The number of benzene rings is 2. The van der Waals surface area contributed by atoms with Crippen LogP contribution in [0.1, 0.15) is 164 Å². The SMILES string of the molecule is CC(C)C[C@H](NC(=O)[C@H](C)NC(=O)[C@H](C)NC(=O)[C@@H](NC(=O)CNC(=O)CNC(=O)[C@H](CO)NC(=O)[C@@H](NC(=O)[C@H](CO)NC(=O)[C@@H](N)CCCCN)[C@@H](C)O)[C@@H](C)O)C(=O)NCC(=O)N[C@@H](CS)C(=O)N[C@@H](CC(C)C)C(=O)N[C@H](C(=O)N[C@@H](CCCCN)C(=O)N[C@@H](CC(=O)O)C(=O)N[C@@H](Cc1ccc(O)cc1)C(=O)N[C@@H](Cc1ccccc1)C(=O)N1CCC[C@H]1C(=O)N[C@@H](CCC(=O)O)C(=O)O)C(C)C. The predicted molar refractivity (Wildman–Crippen MR) is 512 cm³/mol. The summed E-state index contributed by atoms with van der Waals surface area (Å²) in [4.78, 5) is 298. The smallest absolute Gasteiger partial charge is 0.326 e. The van der Waals surface area contributed by atoms with Crippen LogP contribution < -0.4 is 113 Å². The highest BCUT2D eigenvalue weighted by molar-refractivity contribution is 7.80. The van der Waals surface area contributed by atoms with Crippen LogP contribution in [-0.4, -0.2) is 349 Å². The Hall–Kier alpha value is -13.4. The zero-order chi connectivity index (χ0) is 108. The van der Waals surface area contributed by atoms with Gasteiger partial charge in [-0.1, -0.05) is 90.4 Å². The van der Waals surface area contributed by atoms with Crippen molar-refractivity contribution in [1.82, 2.24) is 101 Å². The summed E-state index contributed by atoms with van der Waals surface area (Å²) in [6.07, 6.45) is -4.52. The molecule has 3 rings (SSSR count). The van der Waals surface area contributed by atoms with Gasteiger partial charge >= 0.3 is 17.9 Å². The van der Waals surface area contributed by atoms with E-state index < -0.39 is 315 Å². The number of aliphatic hydroxyl groups is 4. The number of phenols is 1. The molecule has 52 nitrogen and oxygen atoms in total. The lowest BCUT2D eigenvalue weighted by Gasteiger charge is -2.31. The molecule has 0 spiro atoms. The second kappa shape index (κ2) is 63.5. The van der Waals surface area contributed by atoms with Crippen molar-refractivity contribution in [3.8, 4) is 5.75 Å². The first-order valence-electron chi connectivity index (χ1n) is 46.8. The van der Waals surface area contributed by atoms with Crippen LogP contribution in [0, 0.1) is 17.8 Å². The number of nitrogens with zero attached hydrogens (tertiary/aromatic N) is 1. The van der Waals surface area contributed by atoms with Crippen LogP contribution in [0.5, 0.6) is 5.75 Å². The zero-order valence-corrected chi connectivity index (χ0v) is 82.4. The summed E-state index contributed by atoms with van der Waals surface area (Å²) in [5.74, 6) is -26.0. The first-order chi connectivity index (χ1) is 67.3. The van der Waals surface area contributed by atoms with E-state index in [0.717, 1.165) is 18.7 Å². The molecule has 1 heterocycles. The molecule has 53 heteroatoms. The molecular formula is C90H142N22O30S. The summed E-state index contributed by atoms with van der Waals surface area (Å²) in [7, 11) is 0. The molecule has 0 aromatic heterocycles. The van der Waals surface area contributed by atoms with E-state index in [2.05, 4.69) is 108 Å². The Kier molecular flexibility index (Phi) is 55.0. The number of nitrogens with one attached hydrogen (secondary N) is 18. The van der Waals surface area contributed by atoms with Crippen LogP contribution in [0.15, 0.2) is 54.6 Å². The summed E-state index contributed by atoms with van der Waals surface area (Å²) >= 11 is 4.25. The molecule has 2 aromatic rings. The molecule has 1 fully saturated rings. The second-order valence-electron chi connectivity index (χ2n) is 35.7. The van der Waals surface area contributed by atoms with Gasteiger partial charge in [-0.05, 0) is 146 Å². The van der Waals surface area contributed by atoms with E-state index in [0.29, 0.717) is 30.5 Å². The van der Waals surface area contributed by atoms with Gasteiger partial charge in [0, 0.05) is 31.6 Å². The zero-order valence-electron chi connectivity index (χ0n) is 81.6. The van der Waals surface area contributed by atoms with Gasteiger partial charge in [0.25, 0.3) is 0 Å². The molecule has 1 aliphatic rings. The van der Waals surface area contributed by atoms with Crippen molar-refractivity contribution in [2.75, 3.05) is 58.2 Å². The highest BCUT2D eigenvalue weighted by Crippen LogP contribution is 2.23. The Morgan fingerprint density at radius 2 is 0.818 bits per heavy atom. The fraction of sp³-hybridized carbons (Fsp3) is 0.622. The van der Waals surface area contributed by atoms with Gasteiger partial charge in [0.2, 0.25) is 112 Å². The van der Waals surface area contributed by atoms with Crippen molar-refractivity contribution in [1.29, 1.82) is 0 Å². The number of aliphatic hydroxyl groups excluding tert-OH is 4. The lowest BCUT2D eigenvalue weighted by atomic mass is 9.99. The lowest BCUT2D eigenvalue weighted by molar-refractivity contribution is -0.146. The molecular weight excluding hydrogens is 1900 g/mol. The number of likely N-dealkylation sites (tertiary alicyclic amines) is 1. The van der Waals surface area contributed by atoms with Gasteiger partial charge in [-0.25, -0.2) is 4.79 Å². The van der Waals surface area contributed by atoms with Gasteiger partial charge in [-0.2, -0.15) is 12.6 Å². The number of aliphatic carboxylic acids is 3. The Labute approximate surface area is 831 Å². The Morgan fingerprint density at radius 1 is 0.399 bits per heavy atom. The third kappa shape index (κ3) is 44.8. The quantitative estimate of drug-likeness (QED) is 0.0216. The largest absolute Gasteiger partial charge is 0.508 e. The number of rotatable bonds is 65. The molecule has 1 saturated heterocycles. The average Bonchev–Trinajstić information content (AvgIpc) is 1.65. The number of hydrogen-bond donors (Lipinski definition) is 30. The number of carbonyl (C=O) groups excluding carboxylic acids is 19. The molecule has 0 unspecified atom stereocenters. The number of aromatic hydroxyl groups is 1. The van der Waals surface area contributed by atoms with E-state index >= 15 is 0 Å². The fourth-order valence-electron chi connectivity index (χ4n) is 14.3. The Bertz CT molecular complexity index is 4650. The van der Waals surface area contributed by atoms with Crippen molar-refractivity contribution in [3.05, 3.63) is 65.7 Å². The molecule has 798 valence electrons. The summed E-state index contributed by atoms with van der Waals surface area (Å²) in [5, 5.41) is 122. The Balaban J connectivity index is 1.70. The van der Waals surface area contributed by atoms with Gasteiger partial charge in [0.15, 0.2) is 0 Å². The monoisotopic (exact) mass is 2040 g/mol. The number of thiol groups is 1. The van der Waals surface area contributed by atoms with Crippen LogP contribution >= 0.6 is 12.6 Å². The topological polar surface area (TPSA) is 835 Å². The van der Waals surface area contributed by atoms with Gasteiger partial charge in [-0.15, -0.1) is 0 Å². The molecule has 19 atom stereocenters. The van der Waals surface area contributed by atoms with Gasteiger partial charge in [0.1, 0.15) is 102 Å². The maximum absolute atomic E-state index is 14.8. The predicted octanol–water partition coefficient (Wildman–Crippen LogP) is -9.74. The van der Waals surface area contributed by atoms with Gasteiger partial charge < -0.3 is 159 Å². The minimum atomic E-state index is -2.02. The number of unbranched alkanes of at least 4 members (excludes halogenated alkanes) is 2. The van der Waals surface area contributed by atoms with Crippen LogP contribution in [0.2, 0.25) is 0 Å². The Morgan fingerprint density at radius 3 is 1.36 bits per heavy atom. The molecule has 32 N–H and O–H groups in total. The number of phenolic OH excluding ortho intramolecular Hbond substituents is 1. The molecule has 2 aromatic carbocycles. The standard InChI is InChI=1S/C90H142N22O30S/c1-44(2)33-57(102-75(126)48(8)97-74(125)47(7)98-87(138)72(49(9)115)109-68(120)39-94-66(118)38-95-78(129)62(41-113)108-88(139)73(50(10)116)111-83(134)63(42-114)107-76(127)54(93)21-14-16-30-91)77(128)96-40-67(119)99-64(43-143)84(135)103-58(34-45(3)4)82(133)110-71(46(5)6)86(137)100-55(22-15-17-31-92)79(130)105-60(37-70(123)124)81(132)104-59(35-52-24-26-53(117)27-25-52)80(131)106-61(36-51-19-12-11-13-20-51)89(140)112-32-18-23-65(112)85(136)101-56(90(141)142)28-29-69(121)122/h11-13,19-20,24-27,44-50,54-65,71-73,113-117,143H,14-18,21-23,28-43,91-93H2,1-10H3,(H,94,118)(H,95,129)(H,96,128)(H,97,125)(H,98,138)(H,99,119)(H,100,137)(H,101,136)(H,102,126)(H,103,135)(H,104,132)(H,105,130)(H,106,131)(H,107,127)(H,108,139)(H,109,120)(H,110,133)(H,111,134)(H,121,122)(H,123,124)(H,141,142)/t47-,48-,49+,50+,54-,55-,56-,57-,58-,59-,60-,61-,62-,63-,64-,65-,71-,72-,73-/m0/s1. The first-order valence-corrected chi connectivity index (χ1v) is 47.4. The van der Waals surface area contributed by atoms with E-state index in [9.17, 15) is 146 Å². The number of carboxylic acid groups (broad SMARTS) is 3. The third-order valence-electron chi connectivity index (χ3n) is 22.2.